The van der Waals surface area contributed by atoms with E-state index in [0.29, 0.717) is 16.7 Å². The Labute approximate surface area is 105 Å². The molecule has 0 aliphatic rings. The van der Waals surface area contributed by atoms with E-state index in [1.165, 1.54) is 0 Å². The van der Waals surface area contributed by atoms with Gasteiger partial charge in [-0.1, -0.05) is 20.8 Å². The molecule has 0 atom stereocenters. The molecule has 0 aliphatic heterocycles. The summed E-state index contributed by atoms with van der Waals surface area (Å²) >= 11 is 0. The van der Waals surface area contributed by atoms with Crippen LogP contribution in [-0.2, 0) is 12.5 Å². The predicted molar refractivity (Wildman–Crippen MR) is 68.9 cm³/mol. The molecule has 5 heteroatoms. The summed E-state index contributed by atoms with van der Waals surface area (Å²) < 4.78 is 1.63. The second-order valence-electron chi connectivity index (χ2n) is 5.52. The maximum atomic E-state index is 11.4. The largest absolute Gasteiger partial charge is 0.478 e. The van der Waals surface area contributed by atoms with Crippen LogP contribution in [0.3, 0.4) is 0 Å². The summed E-state index contributed by atoms with van der Waals surface area (Å²) in [5, 5.41) is 14.2. The average Bonchev–Trinajstić information content (AvgIpc) is 2.52. The van der Waals surface area contributed by atoms with Gasteiger partial charge >= 0.3 is 5.97 Å². The number of nitrogens with zero attached hydrogens (tertiary/aromatic N) is 3. The molecule has 2 heterocycles. The van der Waals surface area contributed by atoms with Gasteiger partial charge in [0.05, 0.1) is 16.6 Å². The number of rotatable bonds is 1. The van der Waals surface area contributed by atoms with Gasteiger partial charge in [0.15, 0.2) is 5.65 Å². The molecule has 0 aliphatic carbocycles. The summed E-state index contributed by atoms with van der Waals surface area (Å²) in [7, 11) is 1.78. The maximum Gasteiger partial charge on any atom is 0.336 e. The van der Waals surface area contributed by atoms with Crippen LogP contribution >= 0.6 is 0 Å². The molecule has 2 rings (SSSR count). The monoisotopic (exact) mass is 247 g/mol. The minimum atomic E-state index is -0.941. The van der Waals surface area contributed by atoms with Crippen molar-refractivity contribution in [3.8, 4) is 0 Å². The summed E-state index contributed by atoms with van der Waals surface area (Å²) in [4.78, 5) is 15.9. The summed E-state index contributed by atoms with van der Waals surface area (Å²) in [6, 6.07) is 1.65. The minimum Gasteiger partial charge on any atom is -0.478 e. The van der Waals surface area contributed by atoms with Gasteiger partial charge in [-0.05, 0) is 13.0 Å². The molecule has 0 saturated heterocycles. The number of aryl methyl sites for hydroxylation is 2. The summed E-state index contributed by atoms with van der Waals surface area (Å²) in [5.41, 5.74) is 2.15. The van der Waals surface area contributed by atoms with Crippen LogP contribution in [0.15, 0.2) is 6.07 Å². The second kappa shape index (κ2) is 3.80. The van der Waals surface area contributed by atoms with E-state index in [1.54, 1.807) is 24.7 Å². The van der Waals surface area contributed by atoms with Crippen LogP contribution in [0.25, 0.3) is 11.0 Å². The zero-order valence-electron chi connectivity index (χ0n) is 11.3. The van der Waals surface area contributed by atoms with Crippen LogP contribution in [0.4, 0.5) is 0 Å². The van der Waals surface area contributed by atoms with Gasteiger partial charge in [-0.3, -0.25) is 4.68 Å². The number of carboxylic acids is 1. The van der Waals surface area contributed by atoms with Crippen LogP contribution < -0.4 is 0 Å². The lowest BCUT2D eigenvalue weighted by Gasteiger charge is -2.18. The van der Waals surface area contributed by atoms with Crippen molar-refractivity contribution in [2.75, 3.05) is 0 Å². The van der Waals surface area contributed by atoms with Crippen molar-refractivity contribution >= 4 is 17.0 Å². The highest BCUT2D eigenvalue weighted by molar-refractivity contribution is 6.02. The number of fused-ring (bicyclic) bond motifs is 1. The molecular formula is C13H17N3O2. The molecular weight excluding hydrogens is 230 g/mol. The van der Waals surface area contributed by atoms with Gasteiger partial charge in [-0.2, -0.15) is 5.10 Å². The van der Waals surface area contributed by atoms with Crippen molar-refractivity contribution in [3.05, 3.63) is 23.0 Å². The number of aromatic nitrogens is 3. The van der Waals surface area contributed by atoms with Crippen LogP contribution in [0, 0.1) is 6.92 Å². The first-order chi connectivity index (χ1) is 8.21. The molecule has 0 saturated carbocycles. The van der Waals surface area contributed by atoms with Gasteiger partial charge in [-0.15, -0.1) is 0 Å². The molecule has 0 radical (unpaired) electrons. The highest BCUT2D eigenvalue weighted by atomic mass is 16.4. The van der Waals surface area contributed by atoms with Crippen LogP contribution in [0.2, 0.25) is 0 Å². The number of aromatic carboxylic acids is 1. The number of carboxylic acid groups (broad SMARTS) is 1. The van der Waals surface area contributed by atoms with Gasteiger partial charge in [0.25, 0.3) is 0 Å². The van der Waals surface area contributed by atoms with Crippen molar-refractivity contribution in [3.63, 3.8) is 0 Å². The van der Waals surface area contributed by atoms with E-state index in [9.17, 15) is 9.90 Å². The standard InChI is InChI=1S/C13H17N3O2/c1-7-10-8(12(17)18)6-9(13(2,3)4)14-11(10)16(5)15-7/h6H,1-5H3,(H,17,18). The number of carbonyl (C=O) groups is 1. The predicted octanol–water partition coefficient (Wildman–Crippen LogP) is 2.27. The molecule has 96 valence electrons. The zero-order valence-corrected chi connectivity index (χ0v) is 11.3. The fraction of sp³-hybridized carbons (Fsp3) is 0.462. The summed E-state index contributed by atoms with van der Waals surface area (Å²) in [6.45, 7) is 7.83. The van der Waals surface area contributed by atoms with Crippen LogP contribution in [0.1, 0.15) is 42.5 Å². The van der Waals surface area contributed by atoms with Gasteiger partial charge in [0.2, 0.25) is 0 Å². The third-order valence-corrected chi connectivity index (χ3v) is 2.97. The lowest BCUT2D eigenvalue weighted by atomic mass is 9.90. The molecule has 0 spiro atoms. The fourth-order valence-corrected chi connectivity index (χ4v) is 2.00. The van der Waals surface area contributed by atoms with E-state index >= 15 is 0 Å². The smallest absolute Gasteiger partial charge is 0.336 e. The molecule has 0 amide bonds. The normalized spacial score (nSPS) is 12.1. The van der Waals surface area contributed by atoms with Gasteiger partial charge in [0.1, 0.15) is 0 Å². The first kappa shape index (κ1) is 12.5. The highest BCUT2D eigenvalue weighted by Gasteiger charge is 2.23. The first-order valence-electron chi connectivity index (χ1n) is 5.80. The number of hydrogen-bond donors (Lipinski definition) is 1. The van der Waals surface area contributed by atoms with Crippen molar-refractivity contribution in [1.29, 1.82) is 0 Å². The Morgan fingerprint density at radius 2 is 2.00 bits per heavy atom. The third-order valence-electron chi connectivity index (χ3n) is 2.97. The lowest BCUT2D eigenvalue weighted by molar-refractivity contribution is 0.0698. The van der Waals surface area contributed by atoms with E-state index < -0.39 is 5.97 Å². The van der Waals surface area contributed by atoms with E-state index in [-0.39, 0.29) is 11.0 Å². The minimum absolute atomic E-state index is 0.198. The Morgan fingerprint density at radius 3 is 2.50 bits per heavy atom. The van der Waals surface area contributed by atoms with Gasteiger partial charge in [0, 0.05) is 18.2 Å². The molecule has 18 heavy (non-hydrogen) atoms. The van der Waals surface area contributed by atoms with Gasteiger partial charge < -0.3 is 5.11 Å². The SMILES string of the molecule is Cc1nn(C)c2nc(C(C)(C)C)cc(C(=O)O)c12. The van der Waals surface area contributed by atoms with E-state index in [4.69, 9.17) is 0 Å². The molecule has 5 nitrogen and oxygen atoms in total. The molecule has 2 aromatic rings. The fourth-order valence-electron chi connectivity index (χ4n) is 2.00. The Kier molecular flexibility index (Phi) is 2.65. The Bertz CT molecular complexity index is 636. The molecule has 0 aromatic carbocycles. The van der Waals surface area contributed by atoms with E-state index in [0.717, 1.165) is 5.69 Å². The number of pyridine rings is 1. The Balaban J connectivity index is 2.90. The summed E-state index contributed by atoms with van der Waals surface area (Å²) in [6.07, 6.45) is 0. The third kappa shape index (κ3) is 1.85. The van der Waals surface area contributed by atoms with Crippen molar-refractivity contribution < 1.29 is 9.90 Å². The molecule has 0 unspecified atom stereocenters. The topological polar surface area (TPSA) is 68.0 Å². The molecule has 0 bridgehead atoms. The van der Waals surface area contributed by atoms with E-state index in [1.807, 2.05) is 20.8 Å². The molecule has 2 aromatic heterocycles. The first-order valence-corrected chi connectivity index (χ1v) is 5.80. The molecule has 0 fully saturated rings. The van der Waals surface area contributed by atoms with E-state index in [2.05, 4.69) is 10.1 Å². The zero-order chi connectivity index (χ0) is 13.7. The highest BCUT2D eigenvalue weighted by Crippen LogP contribution is 2.27. The van der Waals surface area contributed by atoms with Crippen molar-refractivity contribution in [2.24, 2.45) is 7.05 Å². The lowest BCUT2D eigenvalue weighted by Crippen LogP contribution is -2.15. The molecule has 1 N–H and O–H groups in total. The maximum absolute atomic E-state index is 11.4. The average molecular weight is 247 g/mol. The van der Waals surface area contributed by atoms with Crippen molar-refractivity contribution in [1.82, 2.24) is 14.8 Å². The van der Waals surface area contributed by atoms with Crippen molar-refractivity contribution in [2.45, 2.75) is 33.1 Å². The second-order valence-corrected chi connectivity index (χ2v) is 5.52. The quantitative estimate of drug-likeness (QED) is 0.839. The Hall–Kier alpha value is -1.91. The van der Waals surface area contributed by atoms with Crippen LogP contribution in [-0.4, -0.2) is 25.8 Å². The van der Waals surface area contributed by atoms with Crippen LogP contribution in [0.5, 0.6) is 0 Å². The Morgan fingerprint density at radius 1 is 1.39 bits per heavy atom. The summed E-state index contributed by atoms with van der Waals surface area (Å²) in [5.74, 6) is -0.941. The van der Waals surface area contributed by atoms with Gasteiger partial charge in [-0.25, -0.2) is 9.78 Å². The number of hydrogen-bond acceptors (Lipinski definition) is 3.